The molecule has 0 bridgehead atoms. The van der Waals surface area contributed by atoms with E-state index in [0.29, 0.717) is 0 Å². The number of nitrogens with zero attached hydrogens (tertiary/aromatic N) is 3. The molecule has 0 unspecified atom stereocenters. The molecule has 1 aromatic heterocycles. The van der Waals surface area contributed by atoms with E-state index in [1.807, 2.05) is 19.1 Å². The van der Waals surface area contributed by atoms with Gasteiger partial charge in [0, 0.05) is 0 Å². The van der Waals surface area contributed by atoms with Crippen LogP contribution in [-0.4, -0.2) is 28.0 Å². The lowest BCUT2D eigenvalue weighted by molar-refractivity contribution is -0.122. The van der Waals surface area contributed by atoms with Crippen molar-refractivity contribution in [3.8, 4) is 5.75 Å². The van der Waals surface area contributed by atoms with Gasteiger partial charge in [0.2, 0.25) is 5.91 Å². The van der Waals surface area contributed by atoms with Crippen molar-refractivity contribution in [1.29, 1.82) is 0 Å². The fourth-order valence-electron chi connectivity index (χ4n) is 2.55. The number of carbonyl (C=O) groups excluding carboxylic acids is 1. The van der Waals surface area contributed by atoms with Gasteiger partial charge in [-0.3, -0.25) is 9.59 Å². The molecule has 1 atom stereocenters. The summed E-state index contributed by atoms with van der Waals surface area (Å²) in [5, 5.41) is 10.4. The van der Waals surface area contributed by atoms with Crippen LogP contribution in [0.1, 0.15) is 18.5 Å². The van der Waals surface area contributed by atoms with E-state index in [4.69, 9.17) is 4.74 Å². The van der Waals surface area contributed by atoms with Crippen molar-refractivity contribution in [2.75, 3.05) is 7.11 Å². The highest BCUT2D eigenvalue weighted by Gasteiger charge is 2.13. The molecule has 8 heteroatoms. The SMILES string of the molecule is COc1ccc([C@H](C)NC(=O)Cn2nnc3ccc(F)cc3c2=O)cc1. The van der Waals surface area contributed by atoms with E-state index in [-0.39, 0.29) is 23.5 Å². The van der Waals surface area contributed by atoms with E-state index in [9.17, 15) is 14.0 Å². The second kappa shape index (κ2) is 7.30. The lowest BCUT2D eigenvalue weighted by Crippen LogP contribution is -2.35. The average Bonchev–Trinajstić information content (AvgIpc) is 2.64. The number of fused-ring (bicyclic) bond motifs is 1. The van der Waals surface area contributed by atoms with Gasteiger partial charge in [0.15, 0.2) is 0 Å². The van der Waals surface area contributed by atoms with Crippen LogP contribution in [0.3, 0.4) is 0 Å². The van der Waals surface area contributed by atoms with Gasteiger partial charge in [-0.1, -0.05) is 17.3 Å². The number of carbonyl (C=O) groups is 1. The highest BCUT2D eigenvalue weighted by atomic mass is 19.1. The Morgan fingerprint density at radius 1 is 1.27 bits per heavy atom. The maximum Gasteiger partial charge on any atom is 0.278 e. The normalized spacial score (nSPS) is 12.0. The van der Waals surface area contributed by atoms with Crippen LogP contribution in [0.25, 0.3) is 10.9 Å². The van der Waals surface area contributed by atoms with E-state index < -0.39 is 17.3 Å². The van der Waals surface area contributed by atoms with Crippen molar-refractivity contribution in [2.24, 2.45) is 0 Å². The van der Waals surface area contributed by atoms with Crippen LogP contribution in [0.15, 0.2) is 47.3 Å². The fourth-order valence-corrected chi connectivity index (χ4v) is 2.55. The number of aromatic nitrogens is 3. The molecule has 0 aliphatic rings. The van der Waals surface area contributed by atoms with E-state index in [2.05, 4.69) is 15.6 Å². The Morgan fingerprint density at radius 3 is 2.69 bits per heavy atom. The molecule has 26 heavy (non-hydrogen) atoms. The molecule has 0 fully saturated rings. The van der Waals surface area contributed by atoms with Gasteiger partial charge in [0.25, 0.3) is 5.56 Å². The Hall–Kier alpha value is -3.29. The number of nitrogens with one attached hydrogen (secondary N) is 1. The van der Waals surface area contributed by atoms with Crippen LogP contribution in [0.5, 0.6) is 5.75 Å². The lowest BCUT2D eigenvalue weighted by Gasteiger charge is -2.15. The third-order valence-corrected chi connectivity index (χ3v) is 3.97. The number of amides is 1. The zero-order valence-electron chi connectivity index (χ0n) is 14.3. The number of halogens is 1. The van der Waals surface area contributed by atoms with Gasteiger partial charge in [0.1, 0.15) is 23.6 Å². The summed E-state index contributed by atoms with van der Waals surface area (Å²) in [7, 11) is 1.58. The molecule has 3 aromatic rings. The van der Waals surface area contributed by atoms with E-state index >= 15 is 0 Å². The van der Waals surface area contributed by atoms with Crippen molar-refractivity contribution >= 4 is 16.8 Å². The van der Waals surface area contributed by atoms with E-state index in [1.54, 1.807) is 19.2 Å². The Morgan fingerprint density at radius 2 is 2.00 bits per heavy atom. The summed E-state index contributed by atoms with van der Waals surface area (Å²) >= 11 is 0. The maximum absolute atomic E-state index is 13.3. The van der Waals surface area contributed by atoms with Crippen molar-refractivity contribution in [2.45, 2.75) is 19.5 Å². The first-order chi connectivity index (χ1) is 12.5. The van der Waals surface area contributed by atoms with Crippen LogP contribution in [0.2, 0.25) is 0 Å². The van der Waals surface area contributed by atoms with E-state index in [0.717, 1.165) is 22.1 Å². The summed E-state index contributed by atoms with van der Waals surface area (Å²) in [5.74, 6) is -0.232. The zero-order valence-corrected chi connectivity index (χ0v) is 14.3. The van der Waals surface area contributed by atoms with Crippen LogP contribution in [-0.2, 0) is 11.3 Å². The summed E-state index contributed by atoms with van der Waals surface area (Å²) < 4.78 is 19.4. The minimum Gasteiger partial charge on any atom is -0.497 e. The molecule has 3 rings (SSSR count). The summed E-state index contributed by atoms with van der Waals surface area (Å²) in [5.41, 5.74) is 0.597. The van der Waals surface area contributed by atoms with Gasteiger partial charge < -0.3 is 10.1 Å². The van der Waals surface area contributed by atoms with Gasteiger partial charge in [-0.2, -0.15) is 0 Å². The molecule has 0 aliphatic heterocycles. The number of ether oxygens (including phenoxy) is 1. The number of benzene rings is 2. The monoisotopic (exact) mass is 356 g/mol. The average molecular weight is 356 g/mol. The van der Waals surface area contributed by atoms with Gasteiger partial charge in [-0.05, 0) is 42.8 Å². The Kier molecular flexibility index (Phi) is 4.92. The summed E-state index contributed by atoms with van der Waals surface area (Å²) in [6.07, 6.45) is 0. The Bertz CT molecular complexity index is 1000. The maximum atomic E-state index is 13.3. The van der Waals surface area contributed by atoms with Crippen LogP contribution in [0.4, 0.5) is 4.39 Å². The largest absolute Gasteiger partial charge is 0.497 e. The standard InChI is InChI=1S/C18H17FN4O3/c1-11(12-3-6-14(26-2)7-4-12)20-17(24)10-23-18(25)15-9-13(19)5-8-16(15)21-22-23/h3-9,11H,10H2,1-2H3,(H,20,24)/t11-/m0/s1. The summed E-state index contributed by atoms with van der Waals surface area (Å²) in [4.78, 5) is 24.6. The first-order valence-electron chi connectivity index (χ1n) is 7.94. The molecule has 0 aliphatic carbocycles. The molecule has 1 heterocycles. The minimum atomic E-state index is -0.568. The lowest BCUT2D eigenvalue weighted by atomic mass is 10.1. The van der Waals surface area contributed by atoms with Crippen molar-refractivity contribution in [3.05, 3.63) is 64.2 Å². The zero-order chi connectivity index (χ0) is 18.7. The highest BCUT2D eigenvalue weighted by Crippen LogP contribution is 2.17. The van der Waals surface area contributed by atoms with Crippen molar-refractivity contribution < 1.29 is 13.9 Å². The Labute approximate surface area is 148 Å². The van der Waals surface area contributed by atoms with Gasteiger partial charge in [-0.25, -0.2) is 9.07 Å². The summed E-state index contributed by atoms with van der Waals surface area (Å²) in [6, 6.07) is 10.7. The smallest absolute Gasteiger partial charge is 0.278 e. The topological polar surface area (TPSA) is 86.1 Å². The molecule has 0 spiro atoms. The third-order valence-electron chi connectivity index (χ3n) is 3.97. The first kappa shape index (κ1) is 17.5. The third kappa shape index (κ3) is 3.69. The first-order valence-corrected chi connectivity index (χ1v) is 7.94. The molecule has 1 amide bonds. The van der Waals surface area contributed by atoms with E-state index in [1.165, 1.54) is 12.1 Å². The number of hydrogen-bond acceptors (Lipinski definition) is 5. The molecular weight excluding hydrogens is 339 g/mol. The van der Waals surface area contributed by atoms with Gasteiger partial charge in [0.05, 0.1) is 18.5 Å². The predicted molar refractivity (Wildman–Crippen MR) is 93.3 cm³/mol. The molecule has 0 saturated heterocycles. The molecule has 134 valence electrons. The molecule has 2 aromatic carbocycles. The van der Waals surface area contributed by atoms with Crippen LogP contribution in [0, 0.1) is 5.82 Å². The predicted octanol–water partition coefficient (Wildman–Crippen LogP) is 1.82. The van der Waals surface area contributed by atoms with Crippen molar-refractivity contribution in [3.63, 3.8) is 0 Å². The van der Waals surface area contributed by atoms with Gasteiger partial charge in [-0.15, -0.1) is 5.10 Å². The molecule has 7 nitrogen and oxygen atoms in total. The van der Waals surface area contributed by atoms with Gasteiger partial charge >= 0.3 is 0 Å². The number of hydrogen-bond donors (Lipinski definition) is 1. The second-order valence-electron chi connectivity index (χ2n) is 5.78. The number of rotatable bonds is 5. The molecule has 0 saturated carbocycles. The number of methoxy groups -OCH3 is 1. The second-order valence-corrected chi connectivity index (χ2v) is 5.78. The highest BCUT2D eigenvalue weighted by molar-refractivity contribution is 5.78. The van der Waals surface area contributed by atoms with Crippen molar-refractivity contribution in [1.82, 2.24) is 20.3 Å². The quantitative estimate of drug-likeness (QED) is 0.754. The van der Waals surface area contributed by atoms with Crippen LogP contribution >= 0.6 is 0 Å². The molecular formula is C18H17FN4O3. The fraction of sp³-hybridized carbons (Fsp3) is 0.222. The minimum absolute atomic E-state index is 0.0796. The Balaban J connectivity index is 1.74. The van der Waals surface area contributed by atoms with Crippen LogP contribution < -0.4 is 15.6 Å². The molecule has 0 radical (unpaired) electrons. The summed E-state index contributed by atoms with van der Waals surface area (Å²) in [6.45, 7) is 1.52. The molecule has 1 N–H and O–H groups in total.